The lowest BCUT2D eigenvalue weighted by molar-refractivity contribution is -0.141. The van der Waals surface area contributed by atoms with Crippen molar-refractivity contribution in [2.24, 2.45) is 0 Å². The number of rotatable bonds is 7. The highest BCUT2D eigenvalue weighted by Crippen LogP contribution is 2.04. The summed E-state index contributed by atoms with van der Waals surface area (Å²) in [5, 5.41) is 11.7. The molecule has 1 aromatic carbocycles. The largest absolute Gasteiger partial charge is 0.480 e. The van der Waals surface area contributed by atoms with Gasteiger partial charge in [-0.1, -0.05) is 30.3 Å². The summed E-state index contributed by atoms with van der Waals surface area (Å²) in [6, 6.07) is 9.09. The Morgan fingerprint density at radius 2 is 1.88 bits per heavy atom. The molecule has 0 bridgehead atoms. The van der Waals surface area contributed by atoms with Crippen LogP contribution in [0.1, 0.15) is 12.0 Å². The maximum Gasteiger partial charge on any atom is 0.328 e. The molecular weight excluding hydrogens is 314 g/mol. The maximum absolute atomic E-state index is 11.9. The number of aromatic nitrogens is 2. The third-order valence-corrected chi connectivity index (χ3v) is 3.39. The number of benzene rings is 1. The molecule has 0 aliphatic rings. The van der Waals surface area contributed by atoms with Gasteiger partial charge in [-0.15, -0.1) is 0 Å². The molecule has 0 fully saturated rings. The predicted octanol–water partition coefficient (Wildman–Crippen LogP) is -0.261. The van der Waals surface area contributed by atoms with Gasteiger partial charge in [-0.05, 0) is 5.56 Å². The summed E-state index contributed by atoms with van der Waals surface area (Å²) in [4.78, 5) is 47.8. The number of H-pyrrole nitrogens is 1. The number of amides is 1. The molecular formula is C16H17N3O5. The Morgan fingerprint density at radius 3 is 2.50 bits per heavy atom. The van der Waals surface area contributed by atoms with E-state index in [1.807, 2.05) is 6.07 Å². The van der Waals surface area contributed by atoms with E-state index < -0.39 is 29.2 Å². The second kappa shape index (κ2) is 7.91. The van der Waals surface area contributed by atoms with Crippen LogP contribution in [0.5, 0.6) is 0 Å². The molecule has 3 N–H and O–H groups in total. The van der Waals surface area contributed by atoms with E-state index in [2.05, 4.69) is 10.3 Å². The van der Waals surface area contributed by atoms with E-state index in [-0.39, 0.29) is 19.4 Å². The lowest BCUT2D eigenvalue weighted by Gasteiger charge is -2.15. The van der Waals surface area contributed by atoms with Crippen molar-refractivity contribution in [2.75, 3.05) is 0 Å². The molecule has 126 valence electrons. The molecule has 1 aromatic heterocycles. The molecule has 1 unspecified atom stereocenters. The van der Waals surface area contributed by atoms with Gasteiger partial charge < -0.3 is 15.0 Å². The van der Waals surface area contributed by atoms with E-state index in [0.717, 1.165) is 5.56 Å². The summed E-state index contributed by atoms with van der Waals surface area (Å²) in [5.74, 6) is -1.62. The zero-order chi connectivity index (χ0) is 17.5. The number of hydrogen-bond acceptors (Lipinski definition) is 4. The highest BCUT2D eigenvalue weighted by molar-refractivity contribution is 5.83. The van der Waals surface area contributed by atoms with Crippen molar-refractivity contribution in [1.82, 2.24) is 14.9 Å². The van der Waals surface area contributed by atoms with Crippen molar-refractivity contribution in [3.8, 4) is 0 Å². The molecule has 1 heterocycles. The SMILES string of the molecule is O=C(CCn1ccc(=O)[nH]c1=O)NC(Cc1ccccc1)C(=O)O. The molecule has 2 rings (SSSR count). The van der Waals surface area contributed by atoms with E-state index in [4.69, 9.17) is 0 Å². The summed E-state index contributed by atoms with van der Waals surface area (Å²) >= 11 is 0. The van der Waals surface area contributed by atoms with Gasteiger partial charge in [0.1, 0.15) is 6.04 Å². The summed E-state index contributed by atoms with van der Waals surface area (Å²) in [6.07, 6.45) is 1.37. The van der Waals surface area contributed by atoms with Crippen LogP contribution in [0.25, 0.3) is 0 Å². The monoisotopic (exact) mass is 331 g/mol. The van der Waals surface area contributed by atoms with Crippen LogP contribution >= 0.6 is 0 Å². The molecule has 8 heteroatoms. The Hall–Kier alpha value is -3.16. The van der Waals surface area contributed by atoms with Gasteiger partial charge in [0.15, 0.2) is 0 Å². The Labute approximate surface area is 136 Å². The van der Waals surface area contributed by atoms with Crippen LogP contribution in [0.4, 0.5) is 0 Å². The number of aliphatic carboxylic acids is 1. The second-order valence-electron chi connectivity index (χ2n) is 5.20. The predicted molar refractivity (Wildman–Crippen MR) is 85.7 cm³/mol. The standard InChI is InChI=1S/C16H17N3O5/c20-13(6-8-19-9-7-14(21)18-16(19)24)17-12(15(22)23)10-11-4-2-1-3-5-11/h1-5,7,9,12H,6,8,10H2,(H,17,20)(H,22,23)(H,18,21,24). The summed E-state index contributed by atoms with van der Waals surface area (Å²) in [5.41, 5.74) is -0.342. The Morgan fingerprint density at radius 1 is 1.17 bits per heavy atom. The minimum atomic E-state index is -1.13. The first-order chi connectivity index (χ1) is 11.5. The van der Waals surface area contributed by atoms with Crippen molar-refractivity contribution in [2.45, 2.75) is 25.4 Å². The topological polar surface area (TPSA) is 121 Å². The number of nitrogens with one attached hydrogen (secondary N) is 2. The minimum Gasteiger partial charge on any atom is -0.480 e. The van der Waals surface area contributed by atoms with E-state index in [9.17, 15) is 24.3 Å². The van der Waals surface area contributed by atoms with E-state index in [0.29, 0.717) is 0 Å². The van der Waals surface area contributed by atoms with E-state index >= 15 is 0 Å². The quantitative estimate of drug-likeness (QED) is 0.645. The average Bonchev–Trinajstić information content (AvgIpc) is 2.54. The molecule has 0 saturated carbocycles. The van der Waals surface area contributed by atoms with Crippen LogP contribution in [-0.2, 0) is 22.6 Å². The number of aryl methyl sites for hydroxylation is 1. The van der Waals surface area contributed by atoms with Gasteiger partial charge in [0.05, 0.1) is 0 Å². The third-order valence-electron chi connectivity index (χ3n) is 3.39. The van der Waals surface area contributed by atoms with Gasteiger partial charge >= 0.3 is 11.7 Å². The van der Waals surface area contributed by atoms with E-state index in [1.165, 1.54) is 16.8 Å². The van der Waals surface area contributed by atoms with Crippen molar-refractivity contribution in [3.05, 3.63) is 69.0 Å². The average molecular weight is 331 g/mol. The summed E-state index contributed by atoms with van der Waals surface area (Å²) < 4.78 is 1.17. The second-order valence-corrected chi connectivity index (χ2v) is 5.20. The molecule has 1 atom stereocenters. The summed E-state index contributed by atoms with van der Waals surface area (Å²) in [7, 11) is 0. The highest BCUT2D eigenvalue weighted by atomic mass is 16.4. The third kappa shape index (κ3) is 4.94. The Bertz CT molecular complexity index is 825. The number of hydrogen-bond donors (Lipinski definition) is 3. The highest BCUT2D eigenvalue weighted by Gasteiger charge is 2.20. The smallest absolute Gasteiger partial charge is 0.328 e. The zero-order valence-electron chi connectivity index (χ0n) is 12.8. The van der Waals surface area contributed by atoms with Crippen LogP contribution < -0.4 is 16.6 Å². The number of aromatic amines is 1. The van der Waals surface area contributed by atoms with Crippen LogP contribution in [0.3, 0.4) is 0 Å². The van der Waals surface area contributed by atoms with Gasteiger partial charge in [0, 0.05) is 31.6 Å². The fourth-order valence-electron chi connectivity index (χ4n) is 2.16. The normalized spacial score (nSPS) is 11.7. The molecule has 24 heavy (non-hydrogen) atoms. The molecule has 0 radical (unpaired) electrons. The molecule has 0 spiro atoms. The van der Waals surface area contributed by atoms with Gasteiger partial charge in [-0.25, -0.2) is 9.59 Å². The number of nitrogens with zero attached hydrogens (tertiary/aromatic N) is 1. The fourth-order valence-corrected chi connectivity index (χ4v) is 2.16. The minimum absolute atomic E-state index is 0.0408. The first kappa shape index (κ1) is 17.2. The lowest BCUT2D eigenvalue weighted by atomic mass is 10.1. The first-order valence-corrected chi connectivity index (χ1v) is 7.31. The van der Waals surface area contributed by atoms with E-state index in [1.54, 1.807) is 24.3 Å². The molecule has 8 nitrogen and oxygen atoms in total. The fraction of sp³-hybridized carbons (Fsp3) is 0.250. The Balaban J connectivity index is 1.94. The van der Waals surface area contributed by atoms with Gasteiger partial charge in [0.2, 0.25) is 5.91 Å². The Kier molecular flexibility index (Phi) is 5.67. The molecule has 2 aromatic rings. The maximum atomic E-state index is 11.9. The van der Waals surface area contributed by atoms with Gasteiger partial charge in [-0.2, -0.15) is 0 Å². The van der Waals surface area contributed by atoms with Crippen molar-refractivity contribution in [1.29, 1.82) is 0 Å². The molecule has 0 aliphatic heterocycles. The van der Waals surface area contributed by atoms with Gasteiger partial charge in [-0.3, -0.25) is 14.6 Å². The summed E-state index contributed by atoms with van der Waals surface area (Å²) in [6.45, 7) is 0.0408. The van der Waals surface area contributed by atoms with Crippen LogP contribution in [-0.4, -0.2) is 32.6 Å². The van der Waals surface area contributed by atoms with Crippen molar-refractivity contribution < 1.29 is 14.7 Å². The molecule has 1 amide bonds. The zero-order valence-corrected chi connectivity index (χ0v) is 12.8. The number of carboxylic acid groups (broad SMARTS) is 1. The van der Waals surface area contributed by atoms with Crippen LogP contribution in [0.15, 0.2) is 52.2 Å². The number of carbonyl (C=O) groups excluding carboxylic acids is 1. The van der Waals surface area contributed by atoms with Crippen LogP contribution in [0, 0.1) is 0 Å². The molecule has 0 aliphatic carbocycles. The van der Waals surface area contributed by atoms with Crippen molar-refractivity contribution in [3.63, 3.8) is 0 Å². The number of carboxylic acids is 1. The van der Waals surface area contributed by atoms with Gasteiger partial charge in [0.25, 0.3) is 5.56 Å². The van der Waals surface area contributed by atoms with Crippen molar-refractivity contribution >= 4 is 11.9 Å². The first-order valence-electron chi connectivity index (χ1n) is 7.31. The lowest BCUT2D eigenvalue weighted by Crippen LogP contribution is -2.43. The van der Waals surface area contributed by atoms with Crippen LogP contribution in [0.2, 0.25) is 0 Å². The molecule has 0 saturated heterocycles. The number of carbonyl (C=O) groups is 2.